The number of rotatable bonds is 9. The summed E-state index contributed by atoms with van der Waals surface area (Å²) >= 11 is 0. The highest BCUT2D eigenvalue weighted by Crippen LogP contribution is 2.39. The standard InChI is InChI=1S/C28H20F10O4/c1-2-3-13-11-39-27(40-12-13)14-4-5-17(18(29)6-14)15-7-19(30)23(20(31)8-15)28(37,38)42-16-9-21(32)24(22(33)10-16)41-26(36)25(34)35/h4-10,13,27H,2-3,11-12H2,1H3. The molecular weight excluding hydrogens is 590 g/mol. The molecule has 1 aliphatic heterocycles. The second-order valence-electron chi connectivity index (χ2n) is 9.18. The molecule has 0 radical (unpaired) electrons. The van der Waals surface area contributed by atoms with Crippen LogP contribution in [-0.4, -0.2) is 13.2 Å². The van der Waals surface area contributed by atoms with E-state index in [2.05, 4.69) is 9.47 Å². The molecule has 0 atom stereocenters. The van der Waals surface area contributed by atoms with Crippen LogP contribution < -0.4 is 9.47 Å². The third kappa shape index (κ3) is 6.81. The first kappa shape index (κ1) is 31.2. The van der Waals surface area contributed by atoms with Crippen molar-refractivity contribution in [3.63, 3.8) is 0 Å². The lowest BCUT2D eigenvalue weighted by Gasteiger charge is -2.29. The highest BCUT2D eigenvalue weighted by atomic mass is 19.3. The first-order chi connectivity index (χ1) is 19.8. The average Bonchev–Trinajstić information content (AvgIpc) is 2.90. The van der Waals surface area contributed by atoms with Crippen LogP contribution in [0.4, 0.5) is 43.9 Å². The minimum absolute atomic E-state index is 0.0133. The maximum absolute atomic E-state index is 14.9. The number of benzene rings is 3. The van der Waals surface area contributed by atoms with Gasteiger partial charge in [0.15, 0.2) is 17.9 Å². The van der Waals surface area contributed by atoms with Crippen LogP contribution in [0.1, 0.15) is 37.2 Å². The molecule has 4 nitrogen and oxygen atoms in total. The van der Waals surface area contributed by atoms with Crippen molar-refractivity contribution < 1.29 is 62.9 Å². The summed E-state index contributed by atoms with van der Waals surface area (Å²) in [6.07, 6.45) is -7.00. The first-order valence-electron chi connectivity index (χ1n) is 12.3. The van der Waals surface area contributed by atoms with Crippen LogP contribution in [0, 0.1) is 35.0 Å². The second-order valence-corrected chi connectivity index (χ2v) is 9.18. The summed E-state index contributed by atoms with van der Waals surface area (Å²) < 4.78 is 158. The van der Waals surface area contributed by atoms with Gasteiger partial charge in [0.05, 0.1) is 13.2 Å². The van der Waals surface area contributed by atoms with Gasteiger partial charge in [-0.25, -0.2) is 22.0 Å². The van der Waals surface area contributed by atoms with E-state index in [0.29, 0.717) is 25.3 Å². The highest BCUT2D eigenvalue weighted by molar-refractivity contribution is 5.65. The molecule has 1 aliphatic rings. The lowest BCUT2D eigenvalue weighted by molar-refractivity contribution is -0.206. The Morgan fingerprint density at radius 1 is 0.833 bits per heavy atom. The van der Waals surface area contributed by atoms with E-state index in [0.717, 1.165) is 25.0 Å². The van der Waals surface area contributed by atoms with Crippen LogP contribution in [0.15, 0.2) is 54.6 Å². The Kier molecular flexibility index (Phi) is 9.36. The fourth-order valence-electron chi connectivity index (χ4n) is 4.25. The summed E-state index contributed by atoms with van der Waals surface area (Å²) in [6, 6.07) is 1.66. The molecule has 3 aromatic rings. The van der Waals surface area contributed by atoms with Crippen molar-refractivity contribution in [2.24, 2.45) is 5.92 Å². The Labute approximate surface area is 232 Å². The van der Waals surface area contributed by atoms with E-state index in [1.165, 1.54) is 6.07 Å². The third-order valence-electron chi connectivity index (χ3n) is 6.13. The van der Waals surface area contributed by atoms with E-state index in [1.54, 1.807) is 0 Å². The molecule has 0 saturated carbocycles. The Morgan fingerprint density at radius 3 is 1.95 bits per heavy atom. The number of alkyl halides is 2. The quantitative estimate of drug-likeness (QED) is 0.179. The van der Waals surface area contributed by atoms with Crippen molar-refractivity contribution in [2.75, 3.05) is 13.2 Å². The van der Waals surface area contributed by atoms with Crippen molar-refractivity contribution in [1.29, 1.82) is 0 Å². The number of halogens is 10. The molecule has 14 heteroatoms. The summed E-state index contributed by atoms with van der Waals surface area (Å²) in [6.45, 7) is 2.79. The van der Waals surface area contributed by atoms with Crippen LogP contribution >= 0.6 is 0 Å². The molecule has 0 aromatic heterocycles. The highest BCUT2D eigenvalue weighted by Gasteiger charge is 2.42. The molecule has 1 saturated heterocycles. The predicted octanol–water partition coefficient (Wildman–Crippen LogP) is 9.05. The molecule has 0 N–H and O–H groups in total. The first-order valence-corrected chi connectivity index (χ1v) is 12.3. The third-order valence-corrected chi connectivity index (χ3v) is 6.13. The molecule has 4 rings (SSSR count). The van der Waals surface area contributed by atoms with Gasteiger partial charge < -0.3 is 18.9 Å². The normalized spacial score (nSPS) is 17.2. The molecule has 0 unspecified atom stereocenters. The van der Waals surface area contributed by atoms with Gasteiger partial charge in [-0.05, 0) is 30.2 Å². The van der Waals surface area contributed by atoms with Crippen molar-refractivity contribution in [2.45, 2.75) is 32.2 Å². The molecule has 0 spiro atoms. The van der Waals surface area contributed by atoms with Crippen LogP contribution in [0.3, 0.4) is 0 Å². The Hall–Kier alpha value is -3.78. The molecule has 42 heavy (non-hydrogen) atoms. The van der Waals surface area contributed by atoms with Gasteiger partial charge in [0.25, 0.3) is 0 Å². The average molecular weight is 610 g/mol. The van der Waals surface area contributed by atoms with E-state index in [9.17, 15) is 43.9 Å². The summed E-state index contributed by atoms with van der Waals surface area (Å²) in [5, 5.41) is 0. The minimum atomic E-state index is -4.89. The lowest BCUT2D eigenvalue weighted by Crippen LogP contribution is -2.27. The Morgan fingerprint density at radius 2 is 1.43 bits per heavy atom. The SMILES string of the molecule is CCCC1COC(c2ccc(-c3cc(F)c(C(F)(F)Oc4cc(F)c(OC(F)=C(F)F)c(F)c4)c(F)c3)c(F)c2)OC1. The van der Waals surface area contributed by atoms with Gasteiger partial charge in [-0.3, -0.25) is 0 Å². The molecule has 0 aliphatic carbocycles. The predicted molar refractivity (Wildman–Crippen MR) is 127 cm³/mol. The molecule has 0 bridgehead atoms. The molecular formula is C28H20F10O4. The zero-order chi connectivity index (χ0) is 30.8. The molecule has 0 amide bonds. The van der Waals surface area contributed by atoms with Crippen molar-refractivity contribution in [1.82, 2.24) is 0 Å². The Balaban J connectivity index is 1.55. The maximum atomic E-state index is 14.9. The number of hydrogen-bond acceptors (Lipinski definition) is 4. The monoisotopic (exact) mass is 610 g/mol. The van der Waals surface area contributed by atoms with Gasteiger partial charge in [0, 0.05) is 29.2 Å². The summed E-state index contributed by atoms with van der Waals surface area (Å²) in [5.41, 5.74) is -2.51. The second kappa shape index (κ2) is 12.6. The fraction of sp³-hybridized carbons (Fsp3) is 0.286. The molecule has 226 valence electrons. The van der Waals surface area contributed by atoms with Crippen LogP contribution in [0.5, 0.6) is 11.5 Å². The zero-order valence-electron chi connectivity index (χ0n) is 21.4. The van der Waals surface area contributed by atoms with Crippen LogP contribution in [0.2, 0.25) is 0 Å². The largest absolute Gasteiger partial charge is 0.432 e. The van der Waals surface area contributed by atoms with Gasteiger partial charge in [-0.1, -0.05) is 25.5 Å². The van der Waals surface area contributed by atoms with Crippen molar-refractivity contribution >= 4 is 0 Å². The topological polar surface area (TPSA) is 36.9 Å². The van der Waals surface area contributed by atoms with E-state index in [-0.39, 0.29) is 29.2 Å². The molecule has 1 heterocycles. The number of ether oxygens (including phenoxy) is 4. The van der Waals surface area contributed by atoms with Gasteiger partial charge in [-0.15, -0.1) is 0 Å². The van der Waals surface area contributed by atoms with E-state index in [4.69, 9.17) is 9.47 Å². The smallest absolute Gasteiger partial charge is 0.429 e. The summed E-state index contributed by atoms with van der Waals surface area (Å²) in [7, 11) is 0. The van der Waals surface area contributed by atoms with Crippen molar-refractivity contribution in [3.8, 4) is 22.6 Å². The zero-order valence-corrected chi connectivity index (χ0v) is 21.4. The fourth-order valence-corrected chi connectivity index (χ4v) is 4.25. The van der Waals surface area contributed by atoms with Gasteiger partial charge in [0.1, 0.15) is 28.8 Å². The minimum Gasteiger partial charge on any atom is -0.429 e. The van der Waals surface area contributed by atoms with E-state index < -0.39 is 76.2 Å². The van der Waals surface area contributed by atoms with Crippen LogP contribution in [0.25, 0.3) is 11.1 Å². The van der Waals surface area contributed by atoms with Gasteiger partial charge in [0.2, 0.25) is 5.75 Å². The Bertz CT molecular complexity index is 1440. The molecule has 3 aromatic carbocycles. The van der Waals surface area contributed by atoms with Crippen LogP contribution in [-0.2, 0) is 15.6 Å². The van der Waals surface area contributed by atoms with Crippen molar-refractivity contribution in [3.05, 3.63) is 94.8 Å². The number of hydrogen-bond donors (Lipinski definition) is 0. The molecule has 1 fully saturated rings. The summed E-state index contributed by atoms with van der Waals surface area (Å²) in [4.78, 5) is 0. The van der Waals surface area contributed by atoms with E-state index >= 15 is 0 Å². The summed E-state index contributed by atoms with van der Waals surface area (Å²) in [5.74, 6) is -11.5. The van der Waals surface area contributed by atoms with Gasteiger partial charge >= 0.3 is 18.2 Å². The lowest BCUT2D eigenvalue weighted by atomic mass is 10.00. The van der Waals surface area contributed by atoms with Gasteiger partial charge in [-0.2, -0.15) is 22.0 Å². The van der Waals surface area contributed by atoms with E-state index in [1.807, 2.05) is 6.92 Å². The maximum Gasteiger partial charge on any atom is 0.432 e.